The van der Waals surface area contributed by atoms with E-state index >= 15 is 0 Å². The highest BCUT2D eigenvalue weighted by molar-refractivity contribution is 7.21. The van der Waals surface area contributed by atoms with Crippen molar-refractivity contribution < 1.29 is 9.53 Å². The van der Waals surface area contributed by atoms with E-state index in [0.717, 1.165) is 33.9 Å². The Kier molecular flexibility index (Phi) is 6.08. The Balaban J connectivity index is 1.85. The molecule has 0 aliphatic heterocycles. The van der Waals surface area contributed by atoms with Crippen molar-refractivity contribution in [1.82, 2.24) is 15.2 Å². The third-order valence-corrected chi connectivity index (χ3v) is 4.98. The van der Waals surface area contributed by atoms with Crippen LogP contribution in [0.4, 0.5) is 0 Å². The van der Waals surface area contributed by atoms with E-state index in [9.17, 15) is 4.79 Å². The molecule has 0 spiro atoms. The van der Waals surface area contributed by atoms with Gasteiger partial charge >= 0.3 is 0 Å². The number of aromatic nitrogens is 1. The van der Waals surface area contributed by atoms with Crippen molar-refractivity contribution in [2.45, 2.75) is 26.4 Å². The molecule has 1 amide bonds. The molecule has 1 N–H and O–H groups in total. The van der Waals surface area contributed by atoms with Crippen LogP contribution in [0.25, 0.3) is 20.8 Å². The summed E-state index contributed by atoms with van der Waals surface area (Å²) in [6.07, 6.45) is 0. The number of rotatable bonds is 7. The van der Waals surface area contributed by atoms with Gasteiger partial charge in [-0.3, -0.25) is 4.79 Å². The van der Waals surface area contributed by atoms with E-state index in [1.807, 2.05) is 58.3 Å². The first-order chi connectivity index (χ1) is 12.9. The summed E-state index contributed by atoms with van der Waals surface area (Å²) in [6, 6.07) is 14.3. The minimum absolute atomic E-state index is 0.0130. The molecule has 0 radical (unpaired) electrons. The average Bonchev–Trinajstić information content (AvgIpc) is 3.03. The maximum Gasteiger partial charge on any atom is 0.258 e. The molecule has 1 aromatic heterocycles. The Morgan fingerprint density at radius 3 is 2.70 bits per heavy atom. The fourth-order valence-corrected chi connectivity index (χ4v) is 3.78. The Hall–Kier alpha value is -2.44. The molecule has 0 aliphatic carbocycles. The van der Waals surface area contributed by atoms with Crippen LogP contribution in [-0.2, 0) is 11.3 Å². The lowest BCUT2D eigenvalue weighted by Gasteiger charge is -2.16. The molecular formula is C21H25N3O2S. The minimum atomic E-state index is -0.115. The number of ether oxygens (including phenoxy) is 1. The highest BCUT2D eigenvalue weighted by Gasteiger charge is 2.13. The molecule has 0 aliphatic rings. The van der Waals surface area contributed by atoms with Crippen molar-refractivity contribution in [3.63, 3.8) is 0 Å². The van der Waals surface area contributed by atoms with Gasteiger partial charge in [-0.05, 0) is 58.3 Å². The number of nitrogens with one attached hydrogen (secondary N) is 1. The topological polar surface area (TPSA) is 54.5 Å². The number of benzene rings is 2. The summed E-state index contributed by atoms with van der Waals surface area (Å²) in [5, 5.41) is 3.83. The van der Waals surface area contributed by atoms with Crippen LogP contribution in [0.3, 0.4) is 0 Å². The molecule has 0 unspecified atom stereocenters. The van der Waals surface area contributed by atoms with Gasteiger partial charge in [-0.25, -0.2) is 4.98 Å². The van der Waals surface area contributed by atoms with E-state index in [4.69, 9.17) is 9.72 Å². The molecule has 0 bridgehead atoms. The lowest BCUT2D eigenvalue weighted by molar-refractivity contribution is -0.123. The van der Waals surface area contributed by atoms with Crippen LogP contribution in [0.2, 0.25) is 0 Å². The van der Waals surface area contributed by atoms with Gasteiger partial charge in [-0.1, -0.05) is 12.1 Å². The van der Waals surface area contributed by atoms with Crippen LogP contribution in [0, 0.1) is 0 Å². The van der Waals surface area contributed by atoms with Gasteiger partial charge in [0.25, 0.3) is 5.91 Å². The number of nitrogens with zero attached hydrogens (tertiary/aromatic N) is 2. The molecule has 0 fully saturated rings. The van der Waals surface area contributed by atoms with Crippen molar-refractivity contribution >= 4 is 27.5 Å². The molecule has 5 nitrogen and oxygen atoms in total. The summed E-state index contributed by atoms with van der Waals surface area (Å²) in [6.45, 7) is 4.60. The highest BCUT2D eigenvalue weighted by Crippen LogP contribution is 2.33. The van der Waals surface area contributed by atoms with Gasteiger partial charge in [0.15, 0.2) is 6.61 Å². The first kappa shape index (κ1) is 19.3. The largest absolute Gasteiger partial charge is 0.483 e. The van der Waals surface area contributed by atoms with Crippen molar-refractivity contribution in [2.24, 2.45) is 0 Å². The zero-order chi connectivity index (χ0) is 19.4. The maximum absolute atomic E-state index is 11.9. The lowest BCUT2D eigenvalue weighted by atomic mass is 10.1. The van der Waals surface area contributed by atoms with Gasteiger partial charge in [-0.2, -0.15) is 0 Å². The monoisotopic (exact) mass is 383 g/mol. The molecule has 0 atom stereocenters. The van der Waals surface area contributed by atoms with Gasteiger partial charge in [0, 0.05) is 23.7 Å². The minimum Gasteiger partial charge on any atom is -0.483 e. The highest BCUT2D eigenvalue weighted by atomic mass is 32.1. The number of para-hydroxylation sites is 1. The van der Waals surface area contributed by atoms with E-state index < -0.39 is 0 Å². The normalized spacial score (nSPS) is 11.3. The SMILES string of the molecule is CC(C)NC(=O)COc1ccc(-c2nc3ccccc3s2)cc1CN(C)C. The maximum atomic E-state index is 11.9. The van der Waals surface area contributed by atoms with Crippen LogP contribution in [0.15, 0.2) is 42.5 Å². The number of carbonyl (C=O) groups is 1. The molecule has 3 aromatic rings. The predicted molar refractivity (Wildman–Crippen MR) is 111 cm³/mol. The van der Waals surface area contributed by atoms with Crippen molar-refractivity contribution in [1.29, 1.82) is 0 Å². The third kappa shape index (κ3) is 5.05. The van der Waals surface area contributed by atoms with E-state index in [1.54, 1.807) is 11.3 Å². The molecular weight excluding hydrogens is 358 g/mol. The molecule has 3 rings (SSSR count). The van der Waals surface area contributed by atoms with Crippen molar-refractivity contribution in [2.75, 3.05) is 20.7 Å². The molecule has 0 saturated carbocycles. The second kappa shape index (κ2) is 8.50. The Labute approximate surface area is 164 Å². The lowest BCUT2D eigenvalue weighted by Crippen LogP contribution is -2.34. The summed E-state index contributed by atoms with van der Waals surface area (Å²) in [7, 11) is 4.03. The standard InChI is InChI=1S/C21H25N3O2S/c1-14(2)22-20(25)13-26-18-10-9-15(11-16(18)12-24(3)4)21-23-17-7-5-6-8-19(17)27-21/h5-11,14H,12-13H2,1-4H3,(H,22,25). The van der Waals surface area contributed by atoms with Gasteiger partial charge in [0.1, 0.15) is 10.8 Å². The second-order valence-corrected chi connectivity index (χ2v) is 8.09. The number of fused-ring (bicyclic) bond motifs is 1. The fraction of sp³-hybridized carbons (Fsp3) is 0.333. The molecule has 142 valence electrons. The fourth-order valence-electron chi connectivity index (χ4n) is 2.82. The molecule has 1 heterocycles. The zero-order valence-corrected chi connectivity index (χ0v) is 17.0. The van der Waals surface area contributed by atoms with Crippen molar-refractivity contribution in [3.05, 3.63) is 48.0 Å². The van der Waals surface area contributed by atoms with E-state index in [-0.39, 0.29) is 18.6 Å². The first-order valence-electron chi connectivity index (χ1n) is 8.98. The van der Waals surface area contributed by atoms with E-state index in [0.29, 0.717) is 0 Å². The molecule has 0 saturated heterocycles. The molecule has 2 aromatic carbocycles. The smallest absolute Gasteiger partial charge is 0.258 e. The Morgan fingerprint density at radius 1 is 1.22 bits per heavy atom. The van der Waals surface area contributed by atoms with Crippen molar-refractivity contribution in [3.8, 4) is 16.3 Å². The Morgan fingerprint density at radius 2 is 2.00 bits per heavy atom. The number of hydrogen-bond acceptors (Lipinski definition) is 5. The summed E-state index contributed by atoms with van der Waals surface area (Å²) in [5.41, 5.74) is 3.11. The van der Waals surface area contributed by atoms with Crippen LogP contribution in [0.1, 0.15) is 19.4 Å². The number of amides is 1. The second-order valence-electron chi connectivity index (χ2n) is 7.06. The number of thiazole rings is 1. The third-order valence-electron chi connectivity index (χ3n) is 3.90. The van der Waals surface area contributed by atoms with Crippen LogP contribution >= 0.6 is 11.3 Å². The quantitative estimate of drug-likeness (QED) is 0.672. The summed E-state index contributed by atoms with van der Waals surface area (Å²) < 4.78 is 6.97. The van der Waals surface area contributed by atoms with Gasteiger partial charge in [-0.15, -0.1) is 11.3 Å². The first-order valence-corrected chi connectivity index (χ1v) is 9.80. The summed E-state index contributed by atoms with van der Waals surface area (Å²) >= 11 is 1.68. The van der Waals surface area contributed by atoms with Crippen LogP contribution in [0.5, 0.6) is 5.75 Å². The number of carbonyl (C=O) groups excluding carboxylic acids is 1. The molecule has 6 heteroatoms. The van der Waals surface area contributed by atoms with Gasteiger partial charge in [0.05, 0.1) is 10.2 Å². The predicted octanol–water partition coefficient (Wildman–Crippen LogP) is 3.93. The Bertz CT molecular complexity index is 901. The molecule has 27 heavy (non-hydrogen) atoms. The van der Waals surface area contributed by atoms with E-state index in [1.165, 1.54) is 4.70 Å². The zero-order valence-electron chi connectivity index (χ0n) is 16.2. The van der Waals surface area contributed by atoms with Gasteiger partial charge in [0.2, 0.25) is 0 Å². The summed E-state index contributed by atoms with van der Waals surface area (Å²) in [5.74, 6) is 0.614. The summed E-state index contributed by atoms with van der Waals surface area (Å²) in [4.78, 5) is 18.7. The average molecular weight is 384 g/mol. The van der Waals surface area contributed by atoms with Crippen LogP contribution < -0.4 is 10.1 Å². The number of hydrogen-bond donors (Lipinski definition) is 1. The van der Waals surface area contributed by atoms with Crippen LogP contribution in [-0.4, -0.2) is 42.5 Å². The van der Waals surface area contributed by atoms with E-state index in [2.05, 4.69) is 22.3 Å². The van der Waals surface area contributed by atoms with Gasteiger partial charge < -0.3 is 15.0 Å².